The molecule has 1 unspecified atom stereocenters. The Bertz CT molecular complexity index is 2760. The lowest BCUT2D eigenvalue weighted by Crippen LogP contribution is -2.08. The van der Waals surface area contributed by atoms with Crippen molar-refractivity contribution < 1.29 is 0 Å². The molecule has 0 saturated heterocycles. The van der Waals surface area contributed by atoms with E-state index in [1.165, 1.54) is 27.4 Å². The number of aromatic nitrogens is 3. The van der Waals surface area contributed by atoms with Gasteiger partial charge in [0.2, 0.25) is 0 Å². The highest BCUT2D eigenvalue weighted by Crippen LogP contribution is 2.47. The summed E-state index contributed by atoms with van der Waals surface area (Å²) >= 11 is 0. The number of hydrogen-bond acceptors (Lipinski definition) is 1. The highest BCUT2D eigenvalue weighted by atomic mass is 15.1. The Morgan fingerprint density at radius 2 is 1.11 bits per heavy atom. The Kier molecular flexibility index (Phi) is 5.30. The third kappa shape index (κ3) is 3.40. The van der Waals surface area contributed by atoms with Crippen molar-refractivity contribution in [1.82, 2.24) is 13.7 Å². The topological polar surface area (TPSA) is 38.6 Å². The summed E-state index contributed by atoms with van der Waals surface area (Å²) in [7, 11) is 0. The van der Waals surface area contributed by atoms with E-state index >= 15 is 0 Å². The summed E-state index contributed by atoms with van der Waals surface area (Å²) in [5.41, 5.74) is 11.6. The van der Waals surface area contributed by atoms with Crippen LogP contribution in [0.15, 0.2) is 140 Å². The van der Waals surface area contributed by atoms with Crippen molar-refractivity contribution in [2.24, 2.45) is 0 Å². The van der Waals surface area contributed by atoms with Crippen LogP contribution in [0.2, 0.25) is 0 Å². The summed E-state index contributed by atoms with van der Waals surface area (Å²) in [4.78, 5) is 0. The lowest BCUT2D eigenvalue weighted by molar-refractivity contribution is 0.882. The maximum Gasteiger partial charge on any atom is 0.101 e. The quantitative estimate of drug-likeness (QED) is 0.199. The fraction of sp³-hybridized carbons (Fsp3) is 0.0465. The molecule has 0 fully saturated rings. The summed E-state index contributed by atoms with van der Waals surface area (Å²) in [5.74, 6) is 0.207. The Morgan fingerprint density at radius 3 is 1.74 bits per heavy atom. The highest BCUT2D eigenvalue weighted by molar-refractivity contribution is 6.19. The maximum absolute atomic E-state index is 11.1. The third-order valence-corrected chi connectivity index (χ3v) is 10.0. The van der Waals surface area contributed by atoms with Crippen LogP contribution in [-0.2, 0) is 0 Å². The molecular formula is C43H28N4. The van der Waals surface area contributed by atoms with Gasteiger partial charge < -0.3 is 13.7 Å². The predicted molar refractivity (Wildman–Crippen MR) is 194 cm³/mol. The van der Waals surface area contributed by atoms with Gasteiger partial charge in [0.1, 0.15) is 6.07 Å². The molecule has 0 spiro atoms. The van der Waals surface area contributed by atoms with Gasteiger partial charge in [0.05, 0.1) is 44.5 Å². The van der Waals surface area contributed by atoms with E-state index in [0.717, 1.165) is 55.4 Å². The molecule has 220 valence electrons. The van der Waals surface area contributed by atoms with Crippen molar-refractivity contribution >= 4 is 60.6 Å². The molecule has 1 aliphatic carbocycles. The van der Waals surface area contributed by atoms with E-state index in [-0.39, 0.29) is 5.92 Å². The molecule has 9 aromatic rings. The number of rotatable bonds is 3. The van der Waals surface area contributed by atoms with E-state index < -0.39 is 0 Å². The van der Waals surface area contributed by atoms with Crippen LogP contribution < -0.4 is 0 Å². The summed E-state index contributed by atoms with van der Waals surface area (Å²) < 4.78 is 7.13. The second-order valence-electron chi connectivity index (χ2n) is 12.5. The summed E-state index contributed by atoms with van der Waals surface area (Å²) in [6, 6.07) is 49.9. The average molecular weight is 601 g/mol. The van der Waals surface area contributed by atoms with Crippen molar-refractivity contribution in [2.45, 2.75) is 12.8 Å². The van der Waals surface area contributed by atoms with Crippen LogP contribution in [0.4, 0.5) is 0 Å². The van der Waals surface area contributed by atoms with Gasteiger partial charge in [-0.3, -0.25) is 0 Å². The molecule has 3 aromatic heterocycles. The lowest BCUT2D eigenvalue weighted by Gasteiger charge is -2.20. The van der Waals surface area contributed by atoms with Crippen molar-refractivity contribution in [3.05, 3.63) is 156 Å². The summed E-state index contributed by atoms with van der Waals surface area (Å²) in [6.07, 6.45) is 4.53. The molecule has 1 aliphatic rings. The zero-order valence-corrected chi connectivity index (χ0v) is 25.7. The van der Waals surface area contributed by atoms with Crippen LogP contribution >= 0.6 is 0 Å². The zero-order valence-electron chi connectivity index (χ0n) is 25.7. The molecule has 4 nitrogen and oxygen atoms in total. The Balaban J connectivity index is 1.49. The first kappa shape index (κ1) is 26.0. The molecule has 4 heteroatoms. The van der Waals surface area contributed by atoms with Crippen LogP contribution in [0.25, 0.3) is 77.7 Å². The predicted octanol–water partition coefficient (Wildman–Crippen LogP) is 10.8. The monoisotopic (exact) mass is 600 g/mol. The van der Waals surface area contributed by atoms with Crippen molar-refractivity contribution in [3.8, 4) is 23.1 Å². The van der Waals surface area contributed by atoms with Crippen LogP contribution in [0.3, 0.4) is 0 Å². The third-order valence-electron chi connectivity index (χ3n) is 10.0. The van der Waals surface area contributed by atoms with E-state index in [0.29, 0.717) is 5.56 Å². The van der Waals surface area contributed by atoms with Crippen LogP contribution in [0.5, 0.6) is 0 Å². The van der Waals surface area contributed by atoms with Crippen LogP contribution in [0.1, 0.15) is 29.7 Å². The fourth-order valence-corrected chi connectivity index (χ4v) is 8.13. The first-order chi connectivity index (χ1) is 23.2. The molecule has 0 radical (unpaired) electrons. The van der Waals surface area contributed by atoms with E-state index in [2.05, 4.69) is 172 Å². The average Bonchev–Trinajstić information content (AvgIpc) is 3.86. The maximum atomic E-state index is 11.1. The molecule has 10 rings (SSSR count). The molecule has 0 bridgehead atoms. The minimum absolute atomic E-state index is 0.207. The van der Waals surface area contributed by atoms with E-state index in [9.17, 15) is 5.26 Å². The lowest BCUT2D eigenvalue weighted by atomic mass is 10.0. The van der Waals surface area contributed by atoms with Gasteiger partial charge in [-0.15, -0.1) is 0 Å². The van der Waals surface area contributed by atoms with Gasteiger partial charge in [0, 0.05) is 49.8 Å². The summed E-state index contributed by atoms with van der Waals surface area (Å²) in [5, 5.41) is 16.9. The number of allylic oxidation sites excluding steroid dienone is 1. The number of benzene rings is 6. The largest absolute Gasteiger partial charge is 0.310 e. The number of para-hydroxylation sites is 5. The van der Waals surface area contributed by atoms with Crippen LogP contribution in [0, 0.1) is 11.3 Å². The SMILES string of the molecule is CC1C=Cc2c1n(-c1c(C#N)cc(-n3c4ccccc4c4ccccc43)c3c1c1ccccc1n3-c1ccccc1)c1ccccc21. The minimum atomic E-state index is 0.207. The van der Waals surface area contributed by atoms with Gasteiger partial charge in [0.15, 0.2) is 0 Å². The normalized spacial score (nSPS) is 14.2. The van der Waals surface area contributed by atoms with Crippen molar-refractivity contribution in [3.63, 3.8) is 0 Å². The molecule has 0 N–H and O–H groups in total. The molecule has 1 atom stereocenters. The number of hydrogen-bond donors (Lipinski definition) is 0. The Hall–Kier alpha value is -6.31. The van der Waals surface area contributed by atoms with Crippen LogP contribution in [-0.4, -0.2) is 13.7 Å². The molecule has 0 amide bonds. The van der Waals surface area contributed by atoms with Gasteiger partial charge >= 0.3 is 0 Å². The van der Waals surface area contributed by atoms with Gasteiger partial charge in [-0.1, -0.05) is 110 Å². The molecule has 0 aliphatic heterocycles. The number of nitrogens with zero attached hydrogens (tertiary/aromatic N) is 4. The molecule has 6 aromatic carbocycles. The Morgan fingerprint density at radius 1 is 0.574 bits per heavy atom. The van der Waals surface area contributed by atoms with E-state index in [1.54, 1.807) is 0 Å². The first-order valence-electron chi connectivity index (χ1n) is 16.1. The zero-order chi connectivity index (χ0) is 31.2. The Labute approximate surface area is 271 Å². The molecule has 3 heterocycles. The molecule has 0 saturated carbocycles. The summed E-state index contributed by atoms with van der Waals surface area (Å²) in [6.45, 7) is 2.25. The minimum Gasteiger partial charge on any atom is -0.310 e. The number of fused-ring (bicyclic) bond motifs is 9. The highest BCUT2D eigenvalue weighted by Gasteiger charge is 2.30. The smallest absolute Gasteiger partial charge is 0.101 e. The second-order valence-corrected chi connectivity index (χ2v) is 12.5. The van der Waals surface area contributed by atoms with Gasteiger partial charge in [-0.2, -0.15) is 5.26 Å². The van der Waals surface area contributed by atoms with Crippen molar-refractivity contribution in [1.29, 1.82) is 5.26 Å². The molecular weight excluding hydrogens is 573 g/mol. The van der Waals surface area contributed by atoms with Gasteiger partial charge in [-0.05, 0) is 42.5 Å². The van der Waals surface area contributed by atoms with E-state index in [4.69, 9.17) is 0 Å². The van der Waals surface area contributed by atoms with Gasteiger partial charge in [0.25, 0.3) is 0 Å². The van der Waals surface area contributed by atoms with Gasteiger partial charge in [-0.25, -0.2) is 0 Å². The molecule has 47 heavy (non-hydrogen) atoms. The first-order valence-corrected chi connectivity index (χ1v) is 16.1. The fourth-order valence-electron chi connectivity index (χ4n) is 8.13. The number of nitriles is 1. The van der Waals surface area contributed by atoms with E-state index in [1.807, 2.05) is 0 Å². The second kappa shape index (κ2) is 9.59. The standard InChI is InChI=1S/C43H28N4/c1-27-23-24-33-32-17-7-11-21-37(32)47(41(27)33)42-28(26-44)25-39(46-35-19-9-5-15-30(35)31-16-6-10-20-36(31)46)43-40(42)34-18-8-12-22-38(34)45(43)29-13-3-2-4-14-29/h2-25,27H,1H3. The van der Waals surface area contributed by atoms with Crippen molar-refractivity contribution in [2.75, 3.05) is 0 Å².